The normalized spacial score (nSPS) is 22.5. The van der Waals surface area contributed by atoms with Gasteiger partial charge in [0.25, 0.3) is 5.91 Å². The molecule has 37 heavy (non-hydrogen) atoms. The van der Waals surface area contributed by atoms with Gasteiger partial charge in [-0.3, -0.25) is 14.7 Å². The molecule has 2 N–H and O–H groups in total. The summed E-state index contributed by atoms with van der Waals surface area (Å²) in [7, 11) is 0. The van der Waals surface area contributed by atoms with E-state index in [4.69, 9.17) is 4.74 Å². The van der Waals surface area contributed by atoms with Gasteiger partial charge in [-0.15, -0.1) is 0 Å². The number of rotatable bonds is 7. The van der Waals surface area contributed by atoms with Gasteiger partial charge in [0, 0.05) is 43.3 Å². The van der Waals surface area contributed by atoms with Gasteiger partial charge in [-0.1, -0.05) is 0 Å². The van der Waals surface area contributed by atoms with Gasteiger partial charge in [-0.05, 0) is 49.9 Å². The number of aryl methyl sites for hydroxylation is 1. The number of piperidine rings is 1. The Morgan fingerprint density at radius 2 is 2.00 bits per heavy atom. The van der Waals surface area contributed by atoms with Gasteiger partial charge >= 0.3 is 0 Å². The molecule has 1 aromatic carbocycles. The van der Waals surface area contributed by atoms with Crippen LogP contribution in [0.2, 0.25) is 0 Å². The van der Waals surface area contributed by atoms with Crippen LogP contribution < -0.4 is 10.6 Å². The van der Waals surface area contributed by atoms with Crippen LogP contribution in [-0.4, -0.2) is 75.9 Å². The summed E-state index contributed by atoms with van der Waals surface area (Å²) >= 11 is 0. The highest BCUT2D eigenvalue weighted by Crippen LogP contribution is 2.27. The summed E-state index contributed by atoms with van der Waals surface area (Å²) in [4.78, 5) is 23.5. The first kappa shape index (κ1) is 24.0. The van der Waals surface area contributed by atoms with Crippen molar-refractivity contribution in [3.8, 4) is 16.9 Å². The summed E-state index contributed by atoms with van der Waals surface area (Å²) in [6.07, 6.45) is 8.43. The lowest BCUT2D eigenvalue weighted by Gasteiger charge is -2.43. The Labute approximate surface area is 214 Å². The lowest BCUT2D eigenvalue weighted by molar-refractivity contribution is -0.0793. The van der Waals surface area contributed by atoms with Crippen molar-refractivity contribution in [3.05, 3.63) is 60.1 Å². The molecule has 0 bridgehead atoms. The molecule has 0 spiro atoms. The van der Waals surface area contributed by atoms with Gasteiger partial charge < -0.3 is 19.9 Å². The number of pyridine rings is 1. The molecule has 2 aliphatic heterocycles. The van der Waals surface area contributed by atoms with Crippen molar-refractivity contribution in [2.45, 2.75) is 50.5 Å². The number of carbonyl (C=O) groups is 1. The minimum atomic E-state index is -0.982. The van der Waals surface area contributed by atoms with E-state index < -0.39 is 17.9 Å². The van der Waals surface area contributed by atoms with E-state index in [1.807, 2.05) is 12.3 Å². The van der Waals surface area contributed by atoms with E-state index in [2.05, 4.69) is 25.5 Å². The average Bonchev–Trinajstić information content (AvgIpc) is 3.52. The number of imidazole rings is 1. The van der Waals surface area contributed by atoms with Crippen LogP contribution in [0.3, 0.4) is 0 Å². The number of amides is 1. The fourth-order valence-corrected chi connectivity index (χ4v) is 4.94. The van der Waals surface area contributed by atoms with Crippen molar-refractivity contribution < 1.29 is 18.3 Å². The summed E-state index contributed by atoms with van der Waals surface area (Å²) in [6, 6.07) is 5.04. The smallest absolute Gasteiger partial charge is 0.254 e. The van der Waals surface area contributed by atoms with Crippen molar-refractivity contribution in [2.24, 2.45) is 0 Å². The van der Waals surface area contributed by atoms with Crippen LogP contribution in [0.5, 0.6) is 0 Å². The summed E-state index contributed by atoms with van der Waals surface area (Å²) in [5, 5.41) is 6.16. The second-order valence-electron chi connectivity index (χ2n) is 10.2. The molecule has 6 rings (SSSR count). The average molecular weight is 509 g/mol. The summed E-state index contributed by atoms with van der Waals surface area (Å²) in [5.41, 5.74) is 3.55. The quantitative estimate of drug-likeness (QED) is 0.508. The predicted octanol–water partition coefficient (Wildman–Crippen LogP) is 3.50. The molecule has 1 saturated carbocycles. The van der Waals surface area contributed by atoms with Crippen molar-refractivity contribution in [2.75, 3.05) is 31.6 Å². The molecule has 8 nitrogen and oxygen atoms in total. The monoisotopic (exact) mass is 508 g/mol. The van der Waals surface area contributed by atoms with Gasteiger partial charge in [0.2, 0.25) is 0 Å². The topological polar surface area (TPSA) is 84.3 Å². The lowest BCUT2D eigenvalue weighted by Crippen LogP contribution is -2.57. The second-order valence-corrected chi connectivity index (χ2v) is 10.2. The third-order valence-electron chi connectivity index (χ3n) is 7.40. The Bertz CT molecular complexity index is 1310. The molecule has 10 heteroatoms. The molecule has 1 aliphatic carbocycles. The SMILES string of the molecule is Cc1cc(F)c(C(=O)NC2CC2)cc1-n1cnc(-c2cncc(N[C@H]3CCN(C4COC4)C[C@H]3F)c2)c1. The van der Waals surface area contributed by atoms with E-state index in [1.165, 1.54) is 6.07 Å². The number of alkyl halides is 1. The number of hydrogen-bond acceptors (Lipinski definition) is 6. The Hall–Kier alpha value is -3.37. The maximum absolute atomic E-state index is 14.9. The Kier molecular flexibility index (Phi) is 6.37. The van der Waals surface area contributed by atoms with Crippen LogP contribution in [0.25, 0.3) is 16.9 Å². The molecule has 1 amide bonds. The third kappa shape index (κ3) is 5.08. The molecule has 3 fully saturated rings. The van der Waals surface area contributed by atoms with Crippen LogP contribution in [0.4, 0.5) is 14.5 Å². The van der Waals surface area contributed by atoms with E-state index in [0.717, 1.165) is 30.6 Å². The number of hydrogen-bond donors (Lipinski definition) is 2. The number of ether oxygens (including phenoxy) is 1. The van der Waals surface area contributed by atoms with E-state index >= 15 is 0 Å². The molecule has 2 atom stereocenters. The van der Waals surface area contributed by atoms with Crippen molar-refractivity contribution in [1.82, 2.24) is 24.8 Å². The Morgan fingerprint density at radius 1 is 1.16 bits per heavy atom. The largest absolute Gasteiger partial charge is 0.378 e. The maximum atomic E-state index is 14.9. The molecule has 3 aromatic rings. The number of carbonyl (C=O) groups excluding carboxylic acids is 1. The first-order valence-corrected chi connectivity index (χ1v) is 12.8. The van der Waals surface area contributed by atoms with Crippen LogP contribution in [0, 0.1) is 12.7 Å². The number of benzene rings is 1. The molecular formula is C27H30F2N6O2. The highest BCUT2D eigenvalue weighted by atomic mass is 19.1. The van der Waals surface area contributed by atoms with Crippen LogP contribution in [0.15, 0.2) is 43.1 Å². The molecule has 0 radical (unpaired) electrons. The van der Waals surface area contributed by atoms with Gasteiger partial charge in [-0.25, -0.2) is 13.8 Å². The Morgan fingerprint density at radius 3 is 2.73 bits per heavy atom. The zero-order valence-electron chi connectivity index (χ0n) is 20.7. The van der Waals surface area contributed by atoms with Gasteiger partial charge in [0.05, 0.1) is 54.3 Å². The van der Waals surface area contributed by atoms with Crippen molar-refractivity contribution in [1.29, 1.82) is 0 Å². The number of nitrogens with zero attached hydrogens (tertiary/aromatic N) is 4. The molecule has 4 heterocycles. The number of anilines is 1. The number of nitrogens with one attached hydrogen (secondary N) is 2. The van der Waals surface area contributed by atoms with E-state index in [9.17, 15) is 13.6 Å². The second kappa shape index (κ2) is 9.83. The van der Waals surface area contributed by atoms with Crippen LogP contribution in [-0.2, 0) is 4.74 Å². The first-order chi connectivity index (χ1) is 17.9. The summed E-state index contributed by atoms with van der Waals surface area (Å²) in [5.74, 6) is -0.941. The zero-order valence-corrected chi connectivity index (χ0v) is 20.7. The van der Waals surface area contributed by atoms with Crippen molar-refractivity contribution >= 4 is 11.6 Å². The zero-order chi connectivity index (χ0) is 25.5. The first-order valence-electron chi connectivity index (χ1n) is 12.8. The molecule has 2 aromatic heterocycles. The van der Waals surface area contributed by atoms with Gasteiger partial charge in [-0.2, -0.15) is 0 Å². The molecule has 0 unspecified atom stereocenters. The van der Waals surface area contributed by atoms with E-state index in [-0.39, 0.29) is 17.6 Å². The minimum absolute atomic E-state index is 0.0206. The number of likely N-dealkylation sites (tertiary alicyclic amines) is 1. The fraction of sp³-hybridized carbons (Fsp3) is 0.444. The fourth-order valence-electron chi connectivity index (χ4n) is 4.94. The van der Waals surface area contributed by atoms with Crippen molar-refractivity contribution in [3.63, 3.8) is 0 Å². The Balaban J connectivity index is 1.17. The highest BCUT2D eigenvalue weighted by Gasteiger charge is 2.35. The maximum Gasteiger partial charge on any atom is 0.254 e. The molecular weight excluding hydrogens is 478 g/mol. The minimum Gasteiger partial charge on any atom is -0.378 e. The van der Waals surface area contributed by atoms with E-state index in [1.54, 1.807) is 36.3 Å². The van der Waals surface area contributed by atoms with Crippen LogP contribution in [0.1, 0.15) is 35.2 Å². The molecule has 2 saturated heterocycles. The van der Waals surface area contributed by atoms with Gasteiger partial charge in [0.15, 0.2) is 0 Å². The summed E-state index contributed by atoms with van der Waals surface area (Å²) in [6.45, 7) is 4.41. The molecule has 3 aliphatic rings. The van der Waals surface area contributed by atoms with Gasteiger partial charge in [0.1, 0.15) is 12.0 Å². The standard InChI is InChI=1S/C27H30F2N6O2/c1-16-6-22(28)21(27(36)33-18-2-3-18)8-26(16)35-12-25(31-15-35)17-7-19(10-30-9-17)32-24-4-5-34(11-23(24)29)20-13-37-14-20/h6-10,12,15,18,20,23-24,32H,2-5,11,13-14H2,1H3,(H,33,36)/t23-,24+/m1/s1. The molecule has 194 valence electrons. The summed E-state index contributed by atoms with van der Waals surface area (Å²) < 4.78 is 36.5. The highest BCUT2D eigenvalue weighted by molar-refractivity contribution is 5.95. The lowest BCUT2D eigenvalue weighted by atomic mass is 10.00. The number of aromatic nitrogens is 3. The third-order valence-corrected chi connectivity index (χ3v) is 7.40. The van der Waals surface area contributed by atoms with Crippen LogP contribution >= 0.6 is 0 Å². The van der Waals surface area contributed by atoms with E-state index in [0.29, 0.717) is 49.2 Å². The predicted molar refractivity (Wildman–Crippen MR) is 135 cm³/mol. The number of halogens is 2.